The van der Waals surface area contributed by atoms with Gasteiger partial charge in [0.05, 0.1) is 21.6 Å². The smallest absolute Gasteiger partial charge is 0.311 e. The van der Waals surface area contributed by atoms with Gasteiger partial charge in [-0.25, -0.2) is 4.84 Å². The second kappa shape index (κ2) is 6.49. The van der Waals surface area contributed by atoms with Gasteiger partial charge in [-0.3, -0.25) is 4.98 Å². The van der Waals surface area contributed by atoms with E-state index in [1.165, 1.54) is 12.1 Å². The van der Waals surface area contributed by atoms with Crippen molar-refractivity contribution in [2.24, 2.45) is 0 Å². The topological polar surface area (TPSA) is 49.9 Å². The Labute approximate surface area is 127 Å². The number of rotatable bonds is 5. The zero-order valence-electron chi connectivity index (χ0n) is 12.4. The third-order valence-electron chi connectivity index (χ3n) is 3.83. The van der Waals surface area contributed by atoms with E-state index in [4.69, 9.17) is 9.57 Å². The molecule has 1 aliphatic carbocycles. The van der Waals surface area contributed by atoms with Crippen molar-refractivity contribution >= 4 is 0 Å². The number of quaternary nitrogens is 1. The van der Waals surface area contributed by atoms with Gasteiger partial charge in [-0.2, -0.15) is 0 Å². The van der Waals surface area contributed by atoms with E-state index in [9.17, 15) is 8.96 Å². The van der Waals surface area contributed by atoms with Crippen LogP contribution in [0.2, 0.25) is 0 Å². The minimum atomic E-state index is -2.55. The lowest BCUT2D eigenvalue weighted by atomic mass is 10.3. The van der Waals surface area contributed by atoms with Crippen molar-refractivity contribution < 1.29 is 23.6 Å². The summed E-state index contributed by atoms with van der Waals surface area (Å²) >= 11 is 0. The number of hydrogen-bond donors (Lipinski definition) is 1. The minimum Gasteiger partial charge on any atom is -0.311 e. The third kappa shape index (κ3) is 3.09. The number of hydrazine groups is 2. The largest absolute Gasteiger partial charge is 0.370 e. The highest BCUT2D eigenvalue weighted by atomic mass is 19.4. The van der Waals surface area contributed by atoms with E-state index in [1.54, 1.807) is 18.5 Å². The number of nitrogens with one attached hydrogen (secondary N) is 1. The van der Waals surface area contributed by atoms with E-state index in [0.717, 1.165) is 31.2 Å². The Morgan fingerprint density at radius 3 is 2.82 bits per heavy atom. The van der Waals surface area contributed by atoms with Crippen LogP contribution < -0.4 is 5.53 Å². The van der Waals surface area contributed by atoms with Crippen LogP contribution in [0.1, 0.15) is 31.2 Å². The highest BCUT2D eigenvalue weighted by Crippen LogP contribution is 2.32. The molecular weight excluding hydrogens is 296 g/mol. The number of halogens is 2. The van der Waals surface area contributed by atoms with Crippen molar-refractivity contribution in [3.63, 3.8) is 0 Å². The molecule has 22 heavy (non-hydrogen) atoms. The molecule has 0 spiro atoms. The van der Waals surface area contributed by atoms with Crippen LogP contribution in [0.15, 0.2) is 24.5 Å². The summed E-state index contributed by atoms with van der Waals surface area (Å²) in [7, 11) is 1.24. The highest BCUT2D eigenvalue weighted by molar-refractivity contribution is 5.07. The second-order valence-corrected chi connectivity index (χ2v) is 5.46. The maximum Gasteiger partial charge on any atom is 0.370 e. The fourth-order valence-corrected chi connectivity index (χ4v) is 2.75. The summed E-state index contributed by atoms with van der Waals surface area (Å²) in [5.41, 5.74) is 3.36. The Morgan fingerprint density at radius 1 is 1.41 bits per heavy atom. The average Bonchev–Trinajstić information content (AvgIpc) is 3.08. The van der Waals surface area contributed by atoms with Gasteiger partial charge in [-0.1, -0.05) is 18.9 Å². The maximum absolute atomic E-state index is 14.4. The first kappa shape index (κ1) is 15.7. The number of ether oxygens (including phenoxy) is 1. The van der Waals surface area contributed by atoms with Crippen molar-refractivity contribution in [1.29, 1.82) is 0 Å². The molecule has 1 unspecified atom stereocenters. The molecule has 1 atom stereocenters. The normalized spacial score (nSPS) is 26.8. The quantitative estimate of drug-likeness (QED) is 0.838. The van der Waals surface area contributed by atoms with Gasteiger partial charge in [0, 0.05) is 19.5 Å². The van der Waals surface area contributed by atoms with E-state index < -0.39 is 11.4 Å². The summed E-state index contributed by atoms with van der Waals surface area (Å²) in [6.07, 6.45) is 5.16. The molecule has 122 valence electrons. The Hall–Kier alpha value is -1.23. The van der Waals surface area contributed by atoms with Crippen LogP contribution in [0, 0.1) is 0 Å². The van der Waals surface area contributed by atoms with Crippen LogP contribution in [0.4, 0.5) is 8.96 Å². The van der Waals surface area contributed by atoms with Crippen molar-refractivity contribution in [3.8, 4) is 0 Å². The van der Waals surface area contributed by atoms with Gasteiger partial charge >= 0.3 is 6.35 Å². The first-order valence-electron chi connectivity index (χ1n) is 7.31. The Balaban J connectivity index is 1.70. The van der Waals surface area contributed by atoms with E-state index in [2.05, 4.69) is 10.5 Å². The van der Waals surface area contributed by atoms with Gasteiger partial charge < -0.3 is 4.74 Å². The summed E-state index contributed by atoms with van der Waals surface area (Å²) in [5.74, 6) is 0. The van der Waals surface area contributed by atoms with Gasteiger partial charge in [-0.15, -0.1) is 10.5 Å². The average molecular weight is 316 g/mol. The zero-order chi connectivity index (χ0) is 15.6. The molecule has 0 bridgehead atoms. The highest BCUT2D eigenvalue weighted by Gasteiger charge is 2.62. The number of aromatic nitrogens is 1. The van der Waals surface area contributed by atoms with E-state index in [-0.39, 0.29) is 12.6 Å². The van der Waals surface area contributed by atoms with Crippen molar-refractivity contribution in [2.75, 3.05) is 7.11 Å². The predicted molar refractivity (Wildman–Crippen MR) is 71.4 cm³/mol. The Bertz CT molecular complexity index is 487. The number of nitrogens with zero attached hydrogens (tertiary/aromatic N) is 4. The zero-order valence-corrected chi connectivity index (χ0v) is 12.4. The molecule has 1 aliphatic heterocycles. The summed E-state index contributed by atoms with van der Waals surface area (Å²) in [5, 5.41) is -0.792. The summed E-state index contributed by atoms with van der Waals surface area (Å²) in [6.45, 7) is 0.213. The first-order valence-corrected chi connectivity index (χ1v) is 7.31. The molecular formula is C13H20F2N5O2+. The molecule has 2 heterocycles. The van der Waals surface area contributed by atoms with Crippen LogP contribution in [0.25, 0.3) is 0 Å². The van der Waals surface area contributed by atoms with Crippen LogP contribution in [-0.4, -0.2) is 39.9 Å². The maximum atomic E-state index is 14.4. The van der Waals surface area contributed by atoms with Crippen LogP contribution >= 0.6 is 0 Å². The standard InChI is InChI=1S/C13H20F2N5O2/c1-21-13-18(10-11-5-4-8-16-9-11)17-19(20(13,14)15)22-12-6-2-3-7-12/h4-5,8-9,12-13,17H,2-3,6-7,10H2,1H3/q+1. The van der Waals surface area contributed by atoms with Gasteiger partial charge in [0.15, 0.2) is 5.28 Å². The predicted octanol–water partition coefficient (Wildman–Crippen LogP) is 1.92. The van der Waals surface area contributed by atoms with Crippen LogP contribution in [0.5, 0.6) is 0 Å². The molecule has 2 fully saturated rings. The fraction of sp³-hybridized carbons (Fsp3) is 0.615. The molecule has 1 aromatic heterocycles. The van der Waals surface area contributed by atoms with E-state index in [1.807, 2.05) is 6.07 Å². The SMILES string of the molecule is COC1N(Cc2cccnc2)NN(OC2CCCC2)[N+]1(F)F. The van der Waals surface area contributed by atoms with Gasteiger partial charge in [0.1, 0.15) is 0 Å². The van der Waals surface area contributed by atoms with Crippen LogP contribution in [0.3, 0.4) is 0 Å². The number of hydrogen-bond acceptors (Lipinski definition) is 6. The van der Waals surface area contributed by atoms with E-state index >= 15 is 0 Å². The lowest BCUT2D eigenvalue weighted by Crippen LogP contribution is -2.51. The van der Waals surface area contributed by atoms with Crippen molar-refractivity contribution in [2.45, 2.75) is 44.7 Å². The Morgan fingerprint density at radius 2 is 2.18 bits per heavy atom. The third-order valence-corrected chi connectivity index (χ3v) is 3.83. The summed E-state index contributed by atoms with van der Waals surface area (Å²) in [6, 6.07) is 3.57. The minimum absolute atomic E-state index is 0.188. The molecule has 1 saturated carbocycles. The lowest BCUT2D eigenvalue weighted by molar-refractivity contribution is -1.29. The molecule has 0 amide bonds. The molecule has 0 aromatic carbocycles. The van der Waals surface area contributed by atoms with Crippen LogP contribution in [-0.2, 0) is 16.1 Å². The van der Waals surface area contributed by atoms with E-state index in [0.29, 0.717) is 5.28 Å². The summed E-state index contributed by atoms with van der Waals surface area (Å²) in [4.78, 5) is 9.38. The van der Waals surface area contributed by atoms with Crippen molar-refractivity contribution in [3.05, 3.63) is 30.1 Å². The molecule has 7 nitrogen and oxygen atoms in total. The lowest BCUT2D eigenvalue weighted by Gasteiger charge is -2.20. The van der Waals surface area contributed by atoms with Gasteiger partial charge in [-0.05, 0) is 24.5 Å². The molecule has 9 heteroatoms. The number of pyridine rings is 1. The van der Waals surface area contributed by atoms with Gasteiger partial charge in [0.25, 0.3) is 0 Å². The van der Waals surface area contributed by atoms with Crippen molar-refractivity contribution in [1.82, 2.24) is 20.8 Å². The number of methoxy groups -OCH3 is 1. The molecule has 1 saturated heterocycles. The molecule has 1 N–H and O–H groups in total. The first-order chi connectivity index (χ1) is 10.6. The molecule has 2 aliphatic rings. The molecule has 1 aromatic rings. The Kier molecular flexibility index (Phi) is 4.62. The molecule has 0 radical (unpaired) electrons. The second-order valence-electron chi connectivity index (χ2n) is 5.46. The molecule has 3 rings (SSSR count). The van der Waals surface area contributed by atoms with Gasteiger partial charge in [0.2, 0.25) is 5.04 Å². The monoisotopic (exact) mass is 316 g/mol. The fourth-order valence-electron chi connectivity index (χ4n) is 2.75. The summed E-state index contributed by atoms with van der Waals surface area (Å²) < 4.78 is 33.7.